The molecule has 2 aliphatic rings. The largest absolute Gasteiger partial charge is 0.310 e. The zero-order chi connectivity index (χ0) is 12.2. The monoisotopic (exact) mass is 245 g/mol. The third-order valence-electron chi connectivity index (χ3n) is 4.21. The highest BCUT2D eigenvalue weighted by molar-refractivity contribution is 5.24. The average molecular weight is 245 g/mol. The van der Waals surface area contributed by atoms with Gasteiger partial charge in [-0.3, -0.25) is 4.98 Å². The van der Waals surface area contributed by atoms with Gasteiger partial charge in [0.05, 0.1) is 0 Å². The zero-order valence-corrected chi connectivity index (χ0v) is 11.0. The summed E-state index contributed by atoms with van der Waals surface area (Å²) in [6.45, 7) is 2.30. The normalized spacial score (nSPS) is 29.1. The number of piperidine rings is 2. The van der Waals surface area contributed by atoms with E-state index in [1.807, 2.05) is 12.4 Å². The maximum absolute atomic E-state index is 4.46. The van der Waals surface area contributed by atoms with Gasteiger partial charge in [0.25, 0.3) is 0 Å². The molecule has 0 bridgehead atoms. The number of nitrogens with one attached hydrogen (secondary N) is 2. The zero-order valence-electron chi connectivity index (χ0n) is 11.0. The molecular weight excluding hydrogens is 222 g/mol. The lowest BCUT2D eigenvalue weighted by Gasteiger charge is -2.26. The third-order valence-corrected chi connectivity index (χ3v) is 4.21. The van der Waals surface area contributed by atoms with Crippen molar-refractivity contribution >= 4 is 0 Å². The van der Waals surface area contributed by atoms with Crippen molar-refractivity contribution in [1.29, 1.82) is 0 Å². The predicted molar refractivity (Wildman–Crippen MR) is 73.4 cm³/mol. The fourth-order valence-electron chi connectivity index (χ4n) is 3.13. The molecule has 0 radical (unpaired) electrons. The maximum Gasteiger partial charge on any atom is 0.0335 e. The van der Waals surface area contributed by atoms with E-state index in [1.54, 1.807) is 0 Å². The molecule has 0 saturated carbocycles. The number of hydrogen-bond acceptors (Lipinski definition) is 3. The number of pyridine rings is 1. The van der Waals surface area contributed by atoms with E-state index in [1.165, 1.54) is 49.7 Å². The van der Waals surface area contributed by atoms with Gasteiger partial charge in [-0.05, 0) is 56.0 Å². The second kappa shape index (κ2) is 5.81. The standard InChI is InChI=1S/C15H23N3/c1-3-7-17-14(5-1)12-9-13(11-16-10-12)15-6-2-4-8-18-15/h9-11,14-15,17-18H,1-8H2/t14-,15-/m1/s1. The first-order valence-corrected chi connectivity index (χ1v) is 7.35. The van der Waals surface area contributed by atoms with Crippen LogP contribution >= 0.6 is 0 Å². The van der Waals surface area contributed by atoms with E-state index >= 15 is 0 Å². The van der Waals surface area contributed by atoms with Crippen LogP contribution in [-0.2, 0) is 0 Å². The van der Waals surface area contributed by atoms with Crippen LogP contribution in [-0.4, -0.2) is 18.1 Å². The van der Waals surface area contributed by atoms with E-state index in [0.717, 1.165) is 13.1 Å². The molecule has 3 heterocycles. The quantitative estimate of drug-likeness (QED) is 0.841. The lowest BCUT2D eigenvalue weighted by Crippen LogP contribution is -2.28. The molecular formula is C15H23N3. The number of rotatable bonds is 2. The van der Waals surface area contributed by atoms with Crippen LogP contribution in [0.15, 0.2) is 18.5 Å². The first-order valence-electron chi connectivity index (χ1n) is 7.35. The van der Waals surface area contributed by atoms with Gasteiger partial charge >= 0.3 is 0 Å². The molecule has 2 aliphatic heterocycles. The summed E-state index contributed by atoms with van der Waals surface area (Å²) in [6, 6.07) is 3.41. The lowest BCUT2D eigenvalue weighted by atomic mass is 9.94. The van der Waals surface area contributed by atoms with Crippen LogP contribution in [0.5, 0.6) is 0 Å². The molecule has 2 N–H and O–H groups in total. The van der Waals surface area contributed by atoms with Crippen molar-refractivity contribution in [2.24, 2.45) is 0 Å². The summed E-state index contributed by atoms with van der Waals surface area (Å²) in [7, 11) is 0. The summed E-state index contributed by atoms with van der Waals surface area (Å²) >= 11 is 0. The molecule has 0 aromatic carbocycles. The van der Waals surface area contributed by atoms with Gasteiger partial charge in [-0.15, -0.1) is 0 Å². The first-order chi connectivity index (χ1) is 8.93. The van der Waals surface area contributed by atoms with Crippen molar-refractivity contribution in [3.05, 3.63) is 29.6 Å². The minimum Gasteiger partial charge on any atom is -0.310 e. The Morgan fingerprint density at radius 1 is 0.833 bits per heavy atom. The average Bonchev–Trinajstić information content (AvgIpc) is 2.49. The Kier molecular flexibility index (Phi) is 3.91. The highest BCUT2D eigenvalue weighted by atomic mass is 14.9. The van der Waals surface area contributed by atoms with Crippen LogP contribution < -0.4 is 10.6 Å². The molecule has 2 fully saturated rings. The smallest absolute Gasteiger partial charge is 0.0335 e. The van der Waals surface area contributed by atoms with E-state index < -0.39 is 0 Å². The van der Waals surface area contributed by atoms with Gasteiger partial charge in [-0.1, -0.05) is 12.8 Å². The Hall–Kier alpha value is -0.930. The molecule has 1 aromatic rings. The second-order valence-electron chi connectivity index (χ2n) is 5.56. The molecule has 0 aliphatic carbocycles. The molecule has 98 valence electrons. The van der Waals surface area contributed by atoms with Gasteiger partial charge < -0.3 is 10.6 Å². The Bertz CT molecular complexity index is 346. The maximum atomic E-state index is 4.46. The minimum atomic E-state index is 0.523. The molecule has 0 unspecified atom stereocenters. The van der Waals surface area contributed by atoms with Gasteiger partial charge in [0.2, 0.25) is 0 Å². The van der Waals surface area contributed by atoms with Crippen LogP contribution in [0.1, 0.15) is 61.7 Å². The molecule has 2 saturated heterocycles. The summed E-state index contributed by atoms with van der Waals surface area (Å²) in [5.41, 5.74) is 2.75. The molecule has 18 heavy (non-hydrogen) atoms. The molecule has 3 heteroatoms. The highest BCUT2D eigenvalue weighted by Gasteiger charge is 2.18. The van der Waals surface area contributed by atoms with E-state index in [9.17, 15) is 0 Å². The van der Waals surface area contributed by atoms with Crippen LogP contribution in [0.4, 0.5) is 0 Å². The molecule has 2 atom stereocenters. The SMILES string of the molecule is c1ncc([C@H]2CCCCN2)cc1[C@H]1CCCCN1. The molecule has 3 rings (SSSR count). The fraction of sp³-hybridized carbons (Fsp3) is 0.667. The van der Waals surface area contributed by atoms with Crippen LogP contribution in [0.3, 0.4) is 0 Å². The lowest BCUT2D eigenvalue weighted by molar-refractivity contribution is 0.402. The summed E-state index contributed by atoms with van der Waals surface area (Å²) < 4.78 is 0. The highest BCUT2D eigenvalue weighted by Crippen LogP contribution is 2.27. The van der Waals surface area contributed by atoms with Gasteiger partial charge in [0, 0.05) is 24.5 Å². The van der Waals surface area contributed by atoms with E-state index in [2.05, 4.69) is 21.7 Å². The van der Waals surface area contributed by atoms with Crippen molar-refractivity contribution in [3.63, 3.8) is 0 Å². The van der Waals surface area contributed by atoms with Crippen LogP contribution in [0, 0.1) is 0 Å². The molecule has 1 aromatic heterocycles. The van der Waals surface area contributed by atoms with Crippen LogP contribution in [0.2, 0.25) is 0 Å². The topological polar surface area (TPSA) is 37.0 Å². The summed E-state index contributed by atoms with van der Waals surface area (Å²) in [6.07, 6.45) is 11.9. The van der Waals surface area contributed by atoms with Crippen molar-refractivity contribution in [2.45, 2.75) is 50.6 Å². The Morgan fingerprint density at radius 2 is 1.39 bits per heavy atom. The summed E-state index contributed by atoms with van der Waals surface area (Å²) in [5, 5.41) is 7.21. The fourth-order valence-corrected chi connectivity index (χ4v) is 3.13. The van der Waals surface area contributed by atoms with Gasteiger partial charge in [0.15, 0.2) is 0 Å². The number of aromatic nitrogens is 1. The van der Waals surface area contributed by atoms with Gasteiger partial charge in [-0.25, -0.2) is 0 Å². The van der Waals surface area contributed by atoms with E-state index in [0.29, 0.717) is 12.1 Å². The molecule has 0 amide bonds. The summed E-state index contributed by atoms with van der Waals surface area (Å²) in [4.78, 5) is 4.46. The van der Waals surface area contributed by atoms with Gasteiger partial charge in [0.1, 0.15) is 0 Å². The molecule has 3 nitrogen and oxygen atoms in total. The second-order valence-corrected chi connectivity index (χ2v) is 5.56. The van der Waals surface area contributed by atoms with Crippen molar-refractivity contribution in [3.8, 4) is 0 Å². The molecule has 0 spiro atoms. The van der Waals surface area contributed by atoms with Crippen molar-refractivity contribution < 1.29 is 0 Å². The van der Waals surface area contributed by atoms with Crippen LogP contribution in [0.25, 0.3) is 0 Å². The van der Waals surface area contributed by atoms with Crippen molar-refractivity contribution in [1.82, 2.24) is 15.6 Å². The Balaban J connectivity index is 1.75. The number of hydrogen-bond donors (Lipinski definition) is 2. The third kappa shape index (κ3) is 2.73. The number of nitrogens with zero attached hydrogens (tertiary/aromatic N) is 1. The minimum absolute atomic E-state index is 0.523. The van der Waals surface area contributed by atoms with Crippen molar-refractivity contribution in [2.75, 3.05) is 13.1 Å². The summed E-state index contributed by atoms with van der Waals surface area (Å²) in [5.74, 6) is 0. The van der Waals surface area contributed by atoms with E-state index in [4.69, 9.17) is 0 Å². The van der Waals surface area contributed by atoms with Gasteiger partial charge in [-0.2, -0.15) is 0 Å². The predicted octanol–water partition coefficient (Wildman–Crippen LogP) is 2.71. The Morgan fingerprint density at radius 3 is 1.83 bits per heavy atom. The van der Waals surface area contributed by atoms with E-state index in [-0.39, 0.29) is 0 Å². The Labute approximate surface area is 109 Å². The first kappa shape index (κ1) is 12.1.